The first-order valence-electron chi connectivity index (χ1n) is 7.05. The number of amidine groups is 1. The molecular weight excluding hydrogens is 288 g/mol. The third kappa shape index (κ3) is 4.28. The van der Waals surface area contributed by atoms with Crippen LogP contribution < -0.4 is 5.43 Å². The summed E-state index contributed by atoms with van der Waals surface area (Å²) in [6.45, 7) is 0. The molecule has 0 atom stereocenters. The summed E-state index contributed by atoms with van der Waals surface area (Å²) < 4.78 is 0. The first-order chi connectivity index (χ1) is 11.4. The predicted octanol–water partition coefficient (Wildman–Crippen LogP) is 4.03. The second-order valence-corrected chi connectivity index (χ2v) is 4.52. The first-order valence-corrected chi connectivity index (χ1v) is 7.05. The molecule has 0 amide bonds. The number of hydrazone groups is 1. The van der Waals surface area contributed by atoms with Gasteiger partial charge in [0.1, 0.15) is 5.69 Å². The summed E-state index contributed by atoms with van der Waals surface area (Å²) in [4.78, 5) is 8.37. The van der Waals surface area contributed by atoms with E-state index in [1.807, 2.05) is 60.7 Å². The van der Waals surface area contributed by atoms with E-state index in [1.165, 1.54) is 0 Å². The number of aromatic nitrogens is 2. The van der Waals surface area contributed by atoms with Gasteiger partial charge in [0.15, 0.2) is 5.82 Å². The molecule has 0 aliphatic carbocycles. The molecule has 6 heteroatoms. The van der Waals surface area contributed by atoms with Crippen LogP contribution in [-0.2, 0) is 0 Å². The van der Waals surface area contributed by atoms with Gasteiger partial charge < -0.3 is 0 Å². The highest BCUT2D eigenvalue weighted by Gasteiger charge is 2.04. The minimum absolute atomic E-state index is 0.375. The van der Waals surface area contributed by atoms with Crippen LogP contribution in [0.25, 0.3) is 0 Å². The molecule has 3 rings (SSSR count). The Kier molecular flexibility index (Phi) is 4.77. The minimum Gasteiger partial charge on any atom is -0.276 e. The van der Waals surface area contributed by atoms with Gasteiger partial charge in [0.25, 0.3) is 0 Å². The Morgan fingerprint density at radius 2 is 1.52 bits per heavy atom. The number of anilines is 1. The third-order valence-corrected chi connectivity index (χ3v) is 2.86. The van der Waals surface area contributed by atoms with Crippen molar-refractivity contribution in [1.82, 2.24) is 9.97 Å². The van der Waals surface area contributed by atoms with Crippen molar-refractivity contribution in [2.75, 3.05) is 5.43 Å². The van der Waals surface area contributed by atoms with Crippen molar-refractivity contribution in [3.05, 3.63) is 84.8 Å². The van der Waals surface area contributed by atoms with Crippen LogP contribution in [0.5, 0.6) is 0 Å². The second kappa shape index (κ2) is 7.56. The summed E-state index contributed by atoms with van der Waals surface area (Å²) in [6.07, 6.45) is 3.35. The molecule has 3 aromatic rings. The number of nitrogens with zero attached hydrogens (tertiary/aromatic N) is 5. The molecule has 2 heterocycles. The van der Waals surface area contributed by atoms with E-state index in [1.54, 1.807) is 18.5 Å². The predicted molar refractivity (Wildman–Crippen MR) is 89.6 cm³/mol. The van der Waals surface area contributed by atoms with Crippen molar-refractivity contribution in [3.63, 3.8) is 0 Å². The number of azo groups is 1. The fourth-order valence-electron chi connectivity index (χ4n) is 1.77. The lowest BCUT2D eigenvalue weighted by molar-refractivity contribution is 1.14. The number of pyridine rings is 2. The SMILES string of the molecule is c1ccc(NN=C(N=Nc2ccccn2)c2ccccn2)cc1. The molecule has 112 valence electrons. The lowest BCUT2D eigenvalue weighted by Gasteiger charge is -2.02. The maximum atomic E-state index is 4.30. The average molecular weight is 302 g/mol. The van der Waals surface area contributed by atoms with Crippen LogP contribution in [0.4, 0.5) is 11.5 Å². The van der Waals surface area contributed by atoms with E-state index in [2.05, 4.69) is 30.7 Å². The summed E-state index contributed by atoms with van der Waals surface area (Å²) in [5, 5.41) is 12.6. The van der Waals surface area contributed by atoms with Gasteiger partial charge in [-0.15, -0.1) is 10.2 Å². The summed E-state index contributed by atoms with van der Waals surface area (Å²) in [5.74, 6) is 0.885. The average Bonchev–Trinajstić information content (AvgIpc) is 2.64. The van der Waals surface area contributed by atoms with Crippen molar-refractivity contribution in [2.45, 2.75) is 0 Å². The molecule has 1 aromatic carbocycles. The van der Waals surface area contributed by atoms with Crippen LogP contribution >= 0.6 is 0 Å². The zero-order chi connectivity index (χ0) is 15.7. The molecule has 23 heavy (non-hydrogen) atoms. The van der Waals surface area contributed by atoms with Gasteiger partial charge in [-0.1, -0.05) is 30.3 Å². The van der Waals surface area contributed by atoms with E-state index in [0.717, 1.165) is 5.69 Å². The minimum atomic E-state index is 0.375. The molecule has 0 radical (unpaired) electrons. The lowest BCUT2D eigenvalue weighted by atomic mass is 10.3. The number of para-hydroxylation sites is 1. The molecule has 0 saturated heterocycles. The van der Waals surface area contributed by atoms with E-state index in [-0.39, 0.29) is 0 Å². The number of hydrogen-bond donors (Lipinski definition) is 1. The molecular formula is C17H14N6. The van der Waals surface area contributed by atoms with Gasteiger partial charge in [0.2, 0.25) is 5.84 Å². The zero-order valence-electron chi connectivity index (χ0n) is 12.2. The third-order valence-electron chi connectivity index (χ3n) is 2.86. The number of benzene rings is 1. The summed E-state index contributed by atoms with van der Waals surface area (Å²) >= 11 is 0. The van der Waals surface area contributed by atoms with E-state index in [9.17, 15) is 0 Å². The molecule has 0 saturated carbocycles. The Bertz CT molecular complexity index is 785. The topological polar surface area (TPSA) is 74.9 Å². The van der Waals surface area contributed by atoms with E-state index in [0.29, 0.717) is 17.3 Å². The highest BCUT2D eigenvalue weighted by Crippen LogP contribution is 2.10. The van der Waals surface area contributed by atoms with Gasteiger partial charge in [-0.2, -0.15) is 5.10 Å². The number of nitrogens with one attached hydrogen (secondary N) is 1. The van der Waals surface area contributed by atoms with Crippen LogP contribution in [0.2, 0.25) is 0 Å². The Hall–Kier alpha value is -3.41. The van der Waals surface area contributed by atoms with E-state index in [4.69, 9.17) is 0 Å². The van der Waals surface area contributed by atoms with Gasteiger partial charge in [-0.05, 0) is 36.4 Å². The largest absolute Gasteiger partial charge is 0.276 e. The molecule has 2 aromatic heterocycles. The molecule has 0 bridgehead atoms. The van der Waals surface area contributed by atoms with Crippen LogP contribution in [0, 0.1) is 0 Å². The fraction of sp³-hybridized carbons (Fsp3) is 0. The first kappa shape index (κ1) is 14.5. The Balaban J connectivity index is 1.86. The maximum absolute atomic E-state index is 4.30. The molecule has 0 aliphatic heterocycles. The van der Waals surface area contributed by atoms with Crippen LogP contribution in [0.1, 0.15) is 5.69 Å². The van der Waals surface area contributed by atoms with Gasteiger partial charge in [0, 0.05) is 12.4 Å². The number of hydrogen-bond acceptors (Lipinski definition) is 5. The number of rotatable bonds is 4. The fourth-order valence-corrected chi connectivity index (χ4v) is 1.77. The van der Waals surface area contributed by atoms with Gasteiger partial charge >= 0.3 is 0 Å². The highest BCUT2D eigenvalue weighted by atomic mass is 15.3. The lowest BCUT2D eigenvalue weighted by Crippen LogP contribution is -2.03. The maximum Gasteiger partial charge on any atom is 0.219 e. The van der Waals surface area contributed by atoms with Crippen LogP contribution in [-0.4, -0.2) is 15.8 Å². The van der Waals surface area contributed by atoms with Crippen LogP contribution in [0.15, 0.2) is 94.5 Å². The Morgan fingerprint density at radius 1 is 0.783 bits per heavy atom. The Labute approximate surface area is 133 Å². The van der Waals surface area contributed by atoms with Gasteiger partial charge in [-0.25, -0.2) is 4.98 Å². The molecule has 0 aliphatic rings. The summed E-state index contributed by atoms with van der Waals surface area (Å²) in [7, 11) is 0. The molecule has 0 unspecified atom stereocenters. The molecule has 0 fully saturated rings. The van der Waals surface area contributed by atoms with Crippen molar-refractivity contribution < 1.29 is 0 Å². The van der Waals surface area contributed by atoms with E-state index < -0.39 is 0 Å². The quantitative estimate of drug-likeness (QED) is 0.342. The molecule has 6 nitrogen and oxygen atoms in total. The summed E-state index contributed by atoms with van der Waals surface area (Å²) in [5.41, 5.74) is 4.43. The van der Waals surface area contributed by atoms with Crippen molar-refractivity contribution in [1.29, 1.82) is 0 Å². The monoisotopic (exact) mass is 302 g/mol. The molecule has 0 spiro atoms. The van der Waals surface area contributed by atoms with Gasteiger partial charge in [0.05, 0.1) is 5.69 Å². The normalized spacial score (nSPS) is 11.6. The smallest absolute Gasteiger partial charge is 0.219 e. The van der Waals surface area contributed by atoms with Crippen molar-refractivity contribution in [2.24, 2.45) is 15.3 Å². The zero-order valence-corrected chi connectivity index (χ0v) is 12.2. The van der Waals surface area contributed by atoms with Crippen LogP contribution in [0.3, 0.4) is 0 Å². The standard InChI is InChI=1S/C17H14N6/c1-2-8-14(9-3-1)20-22-17(15-10-4-6-12-18-15)23-21-16-11-5-7-13-19-16/h1-13,20H. The second-order valence-electron chi connectivity index (χ2n) is 4.52. The molecule has 1 N–H and O–H groups in total. The van der Waals surface area contributed by atoms with Crippen molar-refractivity contribution in [3.8, 4) is 0 Å². The van der Waals surface area contributed by atoms with Crippen molar-refractivity contribution >= 4 is 17.3 Å². The highest BCUT2D eigenvalue weighted by molar-refractivity contribution is 5.97. The van der Waals surface area contributed by atoms with E-state index >= 15 is 0 Å². The Morgan fingerprint density at radius 3 is 2.22 bits per heavy atom. The van der Waals surface area contributed by atoms with Gasteiger partial charge in [-0.3, -0.25) is 10.4 Å². The summed E-state index contributed by atoms with van der Waals surface area (Å²) in [6, 6.07) is 20.6.